The van der Waals surface area contributed by atoms with E-state index in [0.29, 0.717) is 25.1 Å². The average molecular weight is 458 g/mol. The Hall–Kier alpha value is -2.71. The molecule has 1 fully saturated rings. The van der Waals surface area contributed by atoms with Gasteiger partial charge in [-0.05, 0) is 43.0 Å². The minimum atomic E-state index is -3.71. The predicted octanol–water partition coefficient (Wildman–Crippen LogP) is 2.65. The van der Waals surface area contributed by atoms with Crippen LogP contribution in [0.1, 0.15) is 48.2 Å². The molecule has 32 heavy (non-hydrogen) atoms. The first-order chi connectivity index (χ1) is 15.3. The lowest BCUT2D eigenvalue weighted by Crippen LogP contribution is -2.48. The summed E-state index contributed by atoms with van der Waals surface area (Å²) >= 11 is 0. The van der Waals surface area contributed by atoms with Crippen LogP contribution in [0.15, 0.2) is 53.4 Å². The van der Waals surface area contributed by atoms with Gasteiger partial charge in [0.15, 0.2) is 0 Å². The highest BCUT2D eigenvalue weighted by atomic mass is 32.2. The van der Waals surface area contributed by atoms with Crippen molar-refractivity contribution in [3.8, 4) is 0 Å². The molecule has 1 atom stereocenters. The number of carbonyl (C=O) groups is 2. The summed E-state index contributed by atoms with van der Waals surface area (Å²) in [6.45, 7) is 5.95. The van der Waals surface area contributed by atoms with Crippen molar-refractivity contribution in [2.24, 2.45) is 0 Å². The van der Waals surface area contributed by atoms with Gasteiger partial charge >= 0.3 is 0 Å². The van der Waals surface area contributed by atoms with Gasteiger partial charge in [-0.25, -0.2) is 8.42 Å². The van der Waals surface area contributed by atoms with Crippen molar-refractivity contribution in [3.63, 3.8) is 0 Å². The van der Waals surface area contributed by atoms with Gasteiger partial charge in [0.25, 0.3) is 5.91 Å². The van der Waals surface area contributed by atoms with Crippen molar-refractivity contribution in [1.82, 2.24) is 14.9 Å². The number of hydrogen-bond acceptors (Lipinski definition) is 4. The molecule has 0 aliphatic heterocycles. The Balaban J connectivity index is 1.84. The fourth-order valence-electron chi connectivity index (χ4n) is 3.55. The number of carbonyl (C=O) groups excluding carboxylic acids is 2. The number of aryl methyl sites for hydroxylation is 1. The summed E-state index contributed by atoms with van der Waals surface area (Å²) in [5.74, 6) is -0.708. The quantitative estimate of drug-likeness (QED) is 0.573. The van der Waals surface area contributed by atoms with E-state index in [1.54, 1.807) is 32.9 Å². The van der Waals surface area contributed by atoms with Crippen LogP contribution in [0.2, 0.25) is 0 Å². The highest BCUT2D eigenvalue weighted by molar-refractivity contribution is 7.89. The zero-order chi connectivity index (χ0) is 23.3. The Kier molecular flexibility index (Phi) is 7.69. The fourth-order valence-corrected chi connectivity index (χ4v) is 5.26. The van der Waals surface area contributed by atoms with Crippen molar-refractivity contribution in [2.75, 3.05) is 13.1 Å². The van der Waals surface area contributed by atoms with Gasteiger partial charge in [0, 0.05) is 31.1 Å². The molecule has 2 N–H and O–H groups in total. The van der Waals surface area contributed by atoms with E-state index in [1.807, 2.05) is 30.3 Å². The minimum Gasteiger partial charge on any atom is -0.352 e. The average Bonchev–Trinajstić information content (AvgIpc) is 3.58. The summed E-state index contributed by atoms with van der Waals surface area (Å²) in [6, 6.07) is 13.5. The van der Waals surface area contributed by atoms with E-state index in [0.717, 1.165) is 18.4 Å². The van der Waals surface area contributed by atoms with Gasteiger partial charge < -0.3 is 10.6 Å². The van der Waals surface area contributed by atoms with Crippen molar-refractivity contribution in [2.45, 2.75) is 57.0 Å². The zero-order valence-electron chi connectivity index (χ0n) is 18.8. The highest BCUT2D eigenvalue weighted by Crippen LogP contribution is 2.22. The van der Waals surface area contributed by atoms with Gasteiger partial charge in [-0.2, -0.15) is 4.31 Å². The van der Waals surface area contributed by atoms with Crippen LogP contribution < -0.4 is 10.6 Å². The molecule has 1 aliphatic rings. The smallest absolute Gasteiger partial charge is 0.251 e. The maximum Gasteiger partial charge on any atom is 0.251 e. The first kappa shape index (κ1) is 23.9. The van der Waals surface area contributed by atoms with E-state index >= 15 is 0 Å². The van der Waals surface area contributed by atoms with Crippen LogP contribution >= 0.6 is 0 Å². The second-order valence-corrected chi connectivity index (χ2v) is 9.97. The standard InChI is InChI=1S/C24H31N3O4S/c1-4-27(5-2)32(30,31)22-16-19(12-11-17(22)3)23(28)26-21(24(29)25-20-13-14-20)15-18-9-7-6-8-10-18/h6-12,16,20-21H,4-5,13-15H2,1-3H3,(H,25,29)(H,26,28). The van der Waals surface area contributed by atoms with Crippen LogP contribution in [-0.4, -0.2) is 49.7 Å². The zero-order valence-corrected chi connectivity index (χ0v) is 19.6. The summed E-state index contributed by atoms with van der Waals surface area (Å²) in [7, 11) is -3.71. The van der Waals surface area contributed by atoms with E-state index in [2.05, 4.69) is 10.6 Å². The van der Waals surface area contributed by atoms with Crippen LogP contribution in [-0.2, 0) is 21.2 Å². The molecule has 3 rings (SSSR count). The number of benzene rings is 2. The second-order valence-electron chi connectivity index (χ2n) is 8.07. The summed E-state index contributed by atoms with van der Waals surface area (Å²) < 4.78 is 27.4. The molecule has 0 spiro atoms. The van der Waals surface area contributed by atoms with E-state index in [9.17, 15) is 18.0 Å². The third kappa shape index (κ3) is 5.75. The number of amides is 2. The molecular formula is C24H31N3O4S. The molecule has 1 aliphatic carbocycles. The van der Waals surface area contributed by atoms with E-state index in [4.69, 9.17) is 0 Å². The number of nitrogens with one attached hydrogen (secondary N) is 2. The maximum atomic E-state index is 13.1. The molecule has 172 valence electrons. The lowest BCUT2D eigenvalue weighted by molar-refractivity contribution is -0.123. The lowest BCUT2D eigenvalue weighted by atomic mass is 10.0. The van der Waals surface area contributed by atoms with Gasteiger partial charge in [0.05, 0.1) is 4.90 Å². The second kappa shape index (κ2) is 10.3. The van der Waals surface area contributed by atoms with Crippen LogP contribution in [0.5, 0.6) is 0 Å². The SMILES string of the molecule is CCN(CC)S(=O)(=O)c1cc(C(=O)NC(Cc2ccccc2)C(=O)NC2CC2)ccc1C. The number of nitrogens with zero attached hydrogens (tertiary/aromatic N) is 1. The molecule has 2 aromatic rings. The summed E-state index contributed by atoms with van der Waals surface area (Å²) in [6.07, 6.45) is 2.24. The van der Waals surface area contributed by atoms with Crippen LogP contribution in [0, 0.1) is 6.92 Å². The summed E-state index contributed by atoms with van der Waals surface area (Å²) in [4.78, 5) is 25.9. The monoisotopic (exact) mass is 457 g/mol. The molecule has 7 nitrogen and oxygen atoms in total. The van der Waals surface area contributed by atoms with Gasteiger partial charge in [-0.15, -0.1) is 0 Å². The van der Waals surface area contributed by atoms with E-state index < -0.39 is 22.0 Å². The minimum absolute atomic E-state index is 0.107. The Morgan fingerprint density at radius 1 is 1.06 bits per heavy atom. The molecule has 2 aromatic carbocycles. The highest BCUT2D eigenvalue weighted by Gasteiger charge is 2.30. The van der Waals surface area contributed by atoms with Gasteiger partial charge in [-0.1, -0.05) is 50.2 Å². The number of sulfonamides is 1. The number of hydrogen-bond donors (Lipinski definition) is 2. The molecule has 0 saturated heterocycles. The largest absolute Gasteiger partial charge is 0.352 e. The Bertz CT molecular complexity index is 1060. The third-order valence-electron chi connectivity index (χ3n) is 5.60. The van der Waals surface area contributed by atoms with E-state index in [1.165, 1.54) is 10.4 Å². The molecule has 1 unspecified atom stereocenters. The van der Waals surface area contributed by atoms with Crippen LogP contribution in [0.3, 0.4) is 0 Å². The lowest BCUT2D eigenvalue weighted by Gasteiger charge is -2.21. The Morgan fingerprint density at radius 2 is 1.72 bits per heavy atom. The summed E-state index contributed by atoms with van der Waals surface area (Å²) in [5, 5.41) is 5.76. The fraction of sp³-hybridized carbons (Fsp3) is 0.417. The van der Waals surface area contributed by atoms with Gasteiger partial charge in [0.1, 0.15) is 6.04 Å². The molecule has 8 heteroatoms. The predicted molar refractivity (Wildman–Crippen MR) is 124 cm³/mol. The maximum absolute atomic E-state index is 13.1. The first-order valence-corrected chi connectivity index (χ1v) is 12.5. The van der Waals surface area contributed by atoms with Crippen LogP contribution in [0.25, 0.3) is 0 Å². The molecule has 1 saturated carbocycles. The molecule has 0 aromatic heterocycles. The van der Waals surface area contributed by atoms with E-state index in [-0.39, 0.29) is 22.4 Å². The normalized spacial score (nSPS) is 14.8. The molecular weight excluding hydrogens is 426 g/mol. The third-order valence-corrected chi connectivity index (χ3v) is 7.79. The Morgan fingerprint density at radius 3 is 2.31 bits per heavy atom. The van der Waals surface area contributed by atoms with Gasteiger partial charge in [-0.3, -0.25) is 9.59 Å². The van der Waals surface area contributed by atoms with Crippen molar-refractivity contribution in [3.05, 3.63) is 65.2 Å². The molecule has 0 heterocycles. The first-order valence-electron chi connectivity index (χ1n) is 11.0. The topological polar surface area (TPSA) is 95.6 Å². The van der Waals surface area contributed by atoms with Gasteiger partial charge in [0.2, 0.25) is 15.9 Å². The Labute approximate surface area is 190 Å². The van der Waals surface area contributed by atoms with Crippen LogP contribution in [0.4, 0.5) is 0 Å². The number of rotatable bonds is 10. The summed E-state index contributed by atoms with van der Waals surface area (Å²) in [5.41, 5.74) is 1.71. The van der Waals surface area contributed by atoms with Crippen molar-refractivity contribution in [1.29, 1.82) is 0 Å². The molecule has 0 radical (unpaired) electrons. The molecule has 2 amide bonds. The molecule has 0 bridgehead atoms. The van der Waals surface area contributed by atoms with Crippen molar-refractivity contribution < 1.29 is 18.0 Å². The van der Waals surface area contributed by atoms with Crippen molar-refractivity contribution >= 4 is 21.8 Å².